The van der Waals surface area contributed by atoms with Crippen molar-refractivity contribution in [1.29, 1.82) is 0 Å². The molecule has 2 N–H and O–H groups in total. The van der Waals surface area contributed by atoms with Crippen molar-refractivity contribution >= 4 is 45.6 Å². The fourth-order valence-corrected chi connectivity index (χ4v) is 3.86. The number of thiazole rings is 1. The maximum absolute atomic E-state index is 12.4. The number of hydrogen-bond donors (Lipinski definition) is 2. The van der Waals surface area contributed by atoms with Gasteiger partial charge in [0.1, 0.15) is 0 Å². The highest BCUT2D eigenvalue weighted by Gasteiger charge is 2.24. The second-order valence-electron chi connectivity index (χ2n) is 5.87. The predicted molar refractivity (Wildman–Crippen MR) is 90.4 cm³/mol. The molecule has 2 amide bonds. The number of fused-ring (bicyclic) bond motifs is 1. The van der Waals surface area contributed by atoms with Gasteiger partial charge in [-0.25, -0.2) is 4.98 Å². The minimum Gasteiger partial charge on any atom is -0.325 e. The average molecular weight is 348 g/mol. The third kappa shape index (κ3) is 2.72. The van der Waals surface area contributed by atoms with E-state index >= 15 is 0 Å². The molecule has 0 bridgehead atoms. The Hall–Kier alpha value is -1.92. The number of aromatic nitrogens is 1. The molecule has 2 aliphatic rings. The van der Waals surface area contributed by atoms with E-state index in [-0.39, 0.29) is 18.2 Å². The summed E-state index contributed by atoms with van der Waals surface area (Å²) < 4.78 is 0. The third-order valence-electron chi connectivity index (χ3n) is 4.33. The lowest BCUT2D eigenvalue weighted by molar-refractivity contribution is -0.115. The van der Waals surface area contributed by atoms with Crippen molar-refractivity contribution in [2.45, 2.75) is 31.6 Å². The van der Waals surface area contributed by atoms with Crippen molar-refractivity contribution in [2.24, 2.45) is 0 Å². The molecule has 7 heteroatoms. The zero-order valence-corrected chi connectivity index (χ0v) is 13.8. The lowest BCUT2D eigenvalue weighted by Gasteiger charge is -2.22. The van der Waals surface area contributed by atoms with E-state index in [9.17, 15) is 9.59 Å². The molecule has 2 aromatic rings. The molecule has 1 saturated carbocycles. The van der Waals surface area contributed by atoms with E-state index in [0.29, 0.717) is 27.3 Å². The van der Waals surface area contributed by atoms with Gasteiger partial charge < -0.3 is 5.32 Å². The fraction of sp³-hybridized carbons (Fsp3) is 0.312. The zero-order valence-electron chi connectivity index (χ0n) is 12.2. The summed E-state index contributed by atoms with van der Waals surface area (Å²) in [5.74, 6) is 0.155. The molecule has 1 aromatic heterocycles. The first-order valence-corrected chi connectivity index (χ1v) is 8.75. The summed E-state index contributed by atoms with van der Waals surface area (Å²) >= 11 is 7.60. The maximum atomic E-state index is 12.4. The number of anilines is 2. The van der Waals surface area contributed by atoms with Crippen LogP contribution in [0.2, 0.25) is 5.02 Å². The van der Waals surface area contributed by atoms with E-state index in [4.69, 9.17) is 11.6 Å². The van der Waals surface area contributed by atoms with Gasteiger partial charge in [-0.2, -0.15) is 0 Å². The van der Waals surface area contributed by atoms with E-state index in [2.05, 4.69) is 15.6 Å². The Morgan fingerprint density at radius 3 is 2.96 bits per heavy atom. The second kappa shape index (κ2) is 5.62. The maximum Gasteiger partial charge on any atom is 0.258 e. The Morgan fingerprint density at radius 2 is 2.22 bits per heavy atom. The van der Waals surface area contributed by atoms with Gasteiger partial charge in [-0.1, -0.05) is 18.0 Å². The fourth-order valence-electron chi connectivity index (χ4n) is 2.82. The van der Waals surface area contributed by atoms with Crippen LogP contribution in [0, 0.1) is 0 Å². The largest absolute Gasteiger partial charge is 0.325 e. The Bertz CT molecular complexity index is 814. The molecule has 1 aliphatic heterocycles. The highest BCUT2D eigenvalue weighted by Crippen LogP contribution is 2.37. The molecule has 0 atom stereocenters. The van der Waals surface area contributed by atoms with E-state index in [1.54, 1.807) is 12.1 Å². The van der Waals surface area contributed by atoms with Crippen LogP contribution in [-0.4, -0.2) is 16.8 Å². The SMILES string of the molecule is O=C1Cc2cc(C(=O)Nc3nc(C4CCC4)cs3)c(Cl)cc2N1. The first-order valence-electron chi connectivity index (χ1n) is 7.49. The van der Waals surface area contributed by atoms with Crippen LogP contribution in [0.15, 0.2) is 17.5 Å². The van der Waals surface area contributed by atoms with Gasteiger partial charge in [-0.05, 0) is 30.5 Å². The summed E-state index contributed by atoms with van der Waals surface area (Å²) in [5, 5.41) is 8.43. The van der Waals surface area contributed by atoms with Gasteiger partial charge in [0.2, 0.25) is 5.91 Å². The molecule has 1 fully saturated rings. The normalized spacial score (nSPS) is 16.7. The van der Waals surface area contributed by atoms with Crippen LogP contribution in [0.4, 0.5) is 10.8 Å². The summed E-state index contributed by atoms with van der Waals surface area (Å²) in [5.41, 5.74) is 2.89. The van der Waals surface area contributed by atoms with Crippen LogP contribution >= 0.6 is 22.9 Å². The first kappa shape index (κ1) is 14.7. The Balaban J connectivity index is 1.54. The van der Waals surface area contributed by atoms with E-state index in [0.717, 1.165) is 11.3 Å². The molecule has 2 heterocycles. The molecule has 0 saturated heterocycles. The number of rotatable bonds is 3. The minimum atomic E-state index is -0.299. The summed E-state index contributed by atoms with van der Waals surface area (Å²) in [6.07, 6.45) is 3.88. The van der Waals surface area contributed by atoms with Gasteiger partial charge in [-0.15, -0.1) is 11.3 Å². The highest BCUT2D eigenvalue weighted by atomic mass is 35.5. The van der Waals surface area contributed by atoms with Crippen LogP contribution < -0.4 is 10.6 Å². The second-order valence-corrected chi connectivity index (χ2v) is 7.14. The van der Waals surface area contributed by atoms with Gasteiger partial charge in [0.15, 0.2) is 5.13 Å². The van der Waals surface area contributed by atoms with Gasteiger partial charge >= 0.3 is 0 Å². The van der Waals surface area contributed by atoms with Crippen LogP contribution in [0.5, 0.6) is 0 Å². The van der Waals surface area contributed by atoms with Crippen molar-refractivity contribution in [3.05, 3.63) is 39.4 Å². The number of carbonyl (C=O) groups excluding carboxylic acids is 2. The van der Waals surface area contributed by atoms with Gasteiger partial charge in [0, 0.05) is 17.0 Å². The number of halogens is 1. The molecule has 0 unspecified atom stereocenters. The third-order valence-corrected chi connectivity index (χ3v) is 5.42. The lowest BCUT2D eigenvalue weighted by Crippen LogP contribution is -2.13. The molecular weight excluding hydrogens is 334 g/mol. The average Bonchev–Trinajstić information content (AvgIpc) is 3.01. The molecule has 118 valence electrons. The lowest BCUT2D eigenvalue weighted by atomic mass is 9.83. The summed E-state index contributed by atoms with van der Waals surface area (Å²) in [6, 6.07) is 3.30. The van der Waals surface area contributed by atoms with Crippen molar-refractivity contribution in [2.75, 3.05) is 10.6 Å². The number of nitrogens with one attached hydrogen (secondary N) is 2. The van der Waals surface area contributed by atoms with Crippen molar-refractivity contribution in [3.63, 3.8) is 0 Å². The van der Waals surface area contributed by atoms with E-state index in [1.807, 2.05) is 5.38 Å². The van der Waals surface area contributed by atoms with Crippen molar-refractivity contribution in [1.82, 2.24) is 4.98 Å². The number of hydrogen-bond acceptors (Lipinski definition) is 4. The van der Waals surface area contributed by atoms with Gasteiger partial charge in [-0.3, -0.25) is 14.9 Å². The van der Waals surface area contributed by atoms with Gasteiger partial charge in [0.25, 0.3) is 5.91 Å². The highest BCUT2D eigenvalue weighted by molar-refractivity contribution is 7.14. The minimum absolute atomic E-state index is 0.0845. The van der Waals surface area contributed by atoms with Gasteiger partial charge in [0.05, 0.1) is 22.7 Å². The van der Waals surface area contributed by atoms with Crippen molar-refractivity contribution < 1.29 is 9.59 Å². The quantitative estimate of drug-likeness (QED) is 0.886. The summed E-state index contributed by atoms with van der Waals surface area (Å²) in [7, 11) is 0. The molecular formula is C16H14ClN3O2S. The standard InChI is InChI=1S/C16H14ClN3O2S/c17-11-6-12-9(5-14(21)18-12)4-10(11)15(22)20-16-19-13(7-23-16)8-2-1-3-8/h4,6-8H,1-3,5H2,(H,18,21)(H,19,20,22). The summed E-state index contributed by atoms with van der Waals surface area (Å²) in [4.78, 5) is 28.4. The van der Waals surface area contributed by atoms with E-state index < -0.39 is 0 Å². The van der Waals surface area contributed by atoms with Crippen molar-refractivity contribution in [3.8, 4) is 0 Å². The molecule has 0 radical (unpaired) electrons. The molecule has 4 rings (SSSR count). The number of amides is 2. The molecule has 0 spiro atoms. The van der Waals surface area contributed by atoms with Crippen LogP contribution in [0.3, 0.4) is 0 Å². The topological polar surface area (TPSA) is 71.1 Å². The molecule has 1 aliphatic carbocycles. The number of nitrogens with zero attached hydrogens (tertiary/aromatic N) is 1. The van der Waals surface area contributed by atoms with Crippen LogP contribution in [0.25, 0.3) is 0 Å². The number of carbonyl (C=O) groups is 2. The Kier molecular flexibility index (Phi) is 3.58. The monoisotopic (exact) mass is 347 g/mol. The van der Waals surface area contributed by atoms with E-state index in [1.165, 1.54) is 30.6 Å². The molecule has 5 nitrogen and oxygen atoms in total. The molecule has 1 aromatic carbocycles. The predicted octanol–water partition coefficient (Wildman–Crippen LogP) is 3.81. The summed E-state index contributed by atoms with van der Waals surface area (Å²) in [6.45, 7) is 0. The van der Waals surface area contributed by atoms with Crippen LogP contribution in [0.1, 0.15) is 46.8 Å². The number of benzene rings is 1. The Labute approximate surface area is 142 Å². The smallest absolute Gasteiger partial charge is 0.258 e. The first-order chi connectivity index (χ1) is 11.1. The Morgan fingerprint density at radius 1 is 1.39 bits per heavy atom. The zero-order chi connectivity index (χ0) is 16.0. The van der Waals surface area contributed by atoms with Crippen LogP contribution in [-0.2, 0) is 11.2 Å². The molecule has 23 heavy (non-hydrogen) atoms.